The first-order chi connectivity index (χ1) is 8.19. The Morgan fingerprint density at radius 2 is 2.24 bits per heavy atom. The van der Waals surface area contributed by atoms with E-state index in [9.17, 15) is 0 Å². The second-order valence-electron chi connectivity index (χ2n) is 5.06. The molecule has 0 saturated heterocycles. The summed E-state index contributed by atoms with van der Waals surface area (Å²) in [5.74, 6) is 0. The van der Waals surface area contributed by atoms with E-state index in [0.29, 0.717) is 12.0 Å². The number of nitrogens with zero attached hydrogens (tertiary/aromatic N) is 1. The molecule has 0 unspecified atom stereocenters. The van der Waals surface area contributed by atoms with Gasteiger partial charge in [0.1, 0.15) is 0 Å². The Morgan fingerprint density at radius 3 is 2.82 bits per heavy atom. The molecule has 1 aliphatic rings. The van der Waals surface area contributed by atoms with Gasteiger partial charge >= 0.3 is 0 Å². The second kappa shape index (κ2) is 5.46. The first kappa shape index (κ1) is 13.0. The molecule has 1 N–H and O–H groups in total. The van der Waals surface area contributed by atoms with Gasteiger partial charge in [0.15, 0.2) is 0 Å². The summed E-state index contributed by atoms with van der Waals surface area (Å²) >= 11 is 1.87. The number of methoxy groups -OCH3 is 1. The summed E-state index contributed by atoms with van der Waals surface area (Å²) in [6.45, 7) is 7.13. The molecular formula is C13H22N2OS. The van der Waals surface area contributed by atoms with E-state index in [-0.39, 0.29) is 0 Å². The Kier molecular flexibility index (Phi) is 4.17. The molecule has 3 nitrogen and oxygen atoms in total. The summed E-state index contributed by atoms with van der Waals surface area (Å²) < 4.78 is 5.24. The molecule has 0 aliphatic heterocycles. The third kappa shape index (κ3) is 3.06. The maximum absolute atomic E-state index is 5.24. The van der Waals surface area contributed by atoms with E-state index in [2.05, 4.69) is 19.2 Å². The van der Waals surface area contributed by atoms with Gasteiger partial charge in [-0.25, -0.2) is 4.98 Å². The van der Waals surface area contributed by atoms with Crippen molar-refractivity contribution in [3.8, 4) is 0 Å². The normalized spacial score (nSPS) is 17.4. The summed E-state index contributed by atoms with van der Waals surface area (Å²) in [6, 6.07) is 0. The maximum Gasteiger partial charge on any atom is 0.0991 e. The smallest absolute Gasteiger partial charge is 0.0991 e. The molecule has 96 valence electrons. The van der Waals surface area contributed by atoms with Crippen LogP contribution in [0, 0.1) is 0 Å². The largest absolute Gasteiger partial charge is 0.378 e. The summed E-state index contributed by atoms with van der Waals surface area (Å²) in [7, 11) is 1.74. The standard InChI is InChI=1S/C13H22N2OS/c1-4-7-14-8-11-10(9-16-3)15-12(17-11)13(2)5-6-13/h14H,4-9H2,1-3H3. The molecule has 1 heterocycles. The van der Waals surface area contributed by atoms with Gasteiger partial charge in [-0.1, -0.05) is 13.8 Å². The summed E-state index contributed by atoms with van der Waals surface area (Å²) in [4.78, 5) is 6.12. The van der Waals surface area contributed by atoms with Gasteiger partial charge < -0.3 is 10.1 Å². The molecule has 0 radical (unpaired) electrons. The van der Waals surface area contributed by atoms with Gasteiger partial charge in [-0.2, -0.15) is 0 Å². The second-order valence-corrected chi connectivity index (χ2v) is 6.14. The number of ether oxygens (including phenoxy) is 1. The molecule has 0 aromatic carbocycles. The van der Waals surface area contributed by atoms with Gasteiger partial charge in [0.2, 0.25) is 0 Å². The molecule has 1 fully saturated rings. The van der Waals surface area contributed by atoms with Crippen molar-refractivity contribution in [2.45, 2.75) is 51.7 Å². The lowest BCUT2D eigenvalue weighted by atomic mass is 10.2. The molecule has 1 aromatic rings. The van der Waals surface area contributed by atoms with E-state index in [0.717, 1.165) is 18.8 Å². The molecule has 1 aromatic heterocycles. The zero-order chi connectivity index (χ0) is 12.3. The van der Waals surface area contributed by atoms with Gasteiger partial charge in [0.25, 0.3) is 0 Å². The fourth-order valence-corrected chi connectivity index (χ4v) is 3.05. The van der Waals surface area contributed by atoms with Crippen molar-refractivity contribution in [2.24, 2.45) is 0 Å². The zero-order valence-corrected chi connectivity index (χ0v) is 11.8. The highest BCUT2D eigenvalue weighted by Crippen LogP contribution is 2.49. The Bertz CT molecular complexity index is 371. The molecule has 4 heteroatoms. The third-order valence-electron chi connectivity index (χ3n) is 3.29. The number of nitrogens with one attached hydrogen (secondary N) is 1. The van der Waals surface area contributed by atoms with Crippen molar-refractivity contribution in [1.29, 1.82) is 0 Å². The van der Waals surface area contributed by atoms with Gasteiger partial charge in [-0.15, -0.1) is 11.3 Å². The van der Waals surface area contributed by atoms with Crippen LogP contribution in [0.5, 0.6) is 0 Å². The van der Waals surface area contributed by atoms with E-state index in [1.54, 1.807) is 7.11 Å². The fraction of sp³-hybridized carbons (Fsp3) is 0.769. The monoisotopic (exact) mass is 254 g/mol. The minimum Gasteiger partial charge on any atom is -0.378 e. The third-order valence-corrected chi connectivity index (χ3v) is 4.69. The lowest BCUT2D eigenvalue weighted by Crippen LogP contribution is -2.14. The van der Waals surface area contributed by atoms with E-state index >= 15 is 0 Å². The average molecular weight is 254 g/mol. The number of hydrogen-bond donors (Lipinski definition) is 1. The maximum atomic E-state index is 5.24. The van der Waals surface area contributed by atoms with Crippen LogP contribution in [0.3, 0.4) is 0 Å². The number of rotatable bonds is 7. The Labute approximate surface area is 108 Å². The predicted octanol–water partition coefficient (Wildman–Crippen LogP) is 2.84. The van der Waals surface area contributed by atoms with Crippen LogP contribution in [0.4, 0.5) is 0 Å². The van der Waals surface area contributed by atoms with Gasteiger partial charge in [0.05, 0.1) is 17.3 Å². The van der Waals surface area contributed by atoms with E-state index < -0.39 is 0 Å². The minimum absolute atomic E-state index is 0.371. The Hall–Kier alpha value is -0.450. The van der Waals surface area contributed by atoms with Crippen LogP contribution in [0.2, 0.25) is 0 Å². The van der Waals surface area contributed by atoms with Gasteiger partial charge in [-0.05, 0) is 25.8 Å². The lowest BCUT2D eigenvalue weighted by Gasteiger charge is -2.02. The van der Waals surface area contributed by atoms with Crippen LogP contribution in [-0.4, -0.2) is 18.6 Å². The van der Waals surface area contributed by atoms with Crippen molar-refractivity contribution in [3.05, 3.63) is 15.6 Å². The van der Waals surface area contributed by atoms with Crippen molar-refractivity contribution < 1.29 is 4.74 Å². The highest BCUT2D eigenvalue weighted by molar-refractivity contribution is 7.12. The van der Waals surface area contributed by atoms with Crippen LogP contribution in [0.1, 0.15) is 48.7 Å². The van der Waals surface area contributed by atoms with Crippen LogP contribution < -0.4 is 5.32 Å². The molecule has 0 bridgehead atoms. The number of thiazole rings is 1. The van der Waals surface area contributed by atoms with Crippen molar-refractivity contribution in [3.63, 3.8) is 0 Å². The van der Waals surface area contributed by atoms with Crippen LogP contribution in [0.25, 0.3) is 0 Å². The van der Waals surface area contributed by atoms with E-state index in [4.69, 9.17) is 9.72 Å². The zero-order valence-electron chi connectivity index (χ0n) is 11.0. The first-order valence-corrected chi connectivity index (χ1v) is 7.20. The first-order valence-electron chi connectivity index (χ1n) is 6.38. The molecule has 17 heavy (non-hydrogen) atoms. The Morgan fingerprint density at radius 1 is 1.47 bits per heavy atom. The molecule has 1 aliphatic carbocycles. The molecular weight excluding hydrogens is 232 g/mol. The number of hydrogen-bond acceptors (Lipinski definition) is 4. The molecule has 0 atom stereocenters. The molecule has 1 saturated carbocycles. The summed E-state index contributed by atoms with van der Waals surface area (Å²) in [5, 5.41) is 4.75. The minimum atomic E-state index is 0.371. The van der Waals surface area contributed by atoms with Crippen LogP contribution in [-0.2, 0) is 23.3 Å². The quantitative estimate of drug-likeness (QED) is 0.760. The fourth-order valence-electron chi connectivity index (χ4n) is 1.81. The summed E-state index contributed by atoms with van der Waals surface area (Å²) in [6.07, 6.45) is 3.74. The lowest BCUT2D eigenvalue weighted by molar-refractivity contribution is 0.181. The highest BCUT2D eigenvalue weighted by Gasteiger charge is 2.42. The van der Waals surface area contributed by atoms with Crippen molar-refractivity contribution in [2.75, 3.05) is 13.7 Å². The average Bonchev–Trinajstić information content (AvgIpc) is 2.92. The molecule has 0 amide bonds. The predicted molar refractivity (Wildman–Crippen MR) is 71.4 cm³/mol. The van der Waals surface area contributed by atoms with E-state index in [1.165, 1.54) is 29.1 Å². The topological polar surface area (TPSA) is 34.2 Å². The van der Waals surface area contributed by atoms with Crippen LogP contribution >= 0.6 is 11.3 Å². The molecule has 0 spiro atoms. The van der Waals surface area contributed by atoms with Gasteiger partial charge in [0, 0.05) is 23.9 Å². The van der Waals surface area contributed by atoms with Gasteiger partial charge in [-0.3, -0.25) is 0 Å². The van der Waals surface area contributed by atoms with E-state index in [1.807, 2.05) is 11.3 Å². The molecule has 2 rings (SSSR count). The van der Waals surface area contributed by atoms with Crippen molar-refractivity contribution >= 4 is 11.3 Å². The Balaban J connectivity index is 2.08. The highest BCUT2D eigenvalue weighted by atomic mass is 32.1. The summed E-state index contributed by atoms with van der Waals surface area (Å²) in [5.41, 5.74) is 1.50. The van der Waals surface area contributed by atoms with Crippen molar-refractivity contribution in [1.82, 2.24) is 10.3 Å². The SMILES string of the molecule is CCCNCc1sc(C2(C)CC2)nc1COC. The van der Waals surface area contributed by atoms with Crippen LogP contribution in [0.15, 0.2) is 0 Å². The number of aromatic nitrogens is 1.